The molecule has 0 aromatic rings. The van der Waals surface area contributed by atoms with Crippen LogP contribution in [0.1, 0.15) is 0 Å². The lowest BCUT2D eigenvalue weighted by Crippen LogP contribution is -2.06. The molecule has 3 heteroatoms. The molecule has 1 nitrogen and oxygen atoms in total. The SMILES string of the molecule is BrC[C@H](Br)[C@@H]1CO1. The highest BCUT2D eigenvalue weighted by Crippen LogP contribution is 2.21. The Morgan fingerprint density at radius 3 is 2.57 bits per heavy atom. The maximum atomic E-state index is 4.98. The summed E-state index contributed by atoms with van der Waals surface area (Å²) >= 11 is 6.76. The molecule has 1 rings (SSSR count). The smallest absolute Gasteiger partial charge is 0.0942 e. The summed E-state index contributed by atoms with van der Waals surface area (Å²) in [6.45, 7) is 0.932. The quantitative estimate of drug-likeness (QED) is 0.517. The van der Waals surface area contributed by atoms with E-state index in [1.807, 2.05) is 0 Å². The third kappa shape index (κ3) is 1.70. The van der Waals surface area contributed by atoms with Crippen molar-refractivity contribution < 1.29 is 4.74 Å². The fourth-order valence-electron chi connectivity index (χ4n) is 0.364. The zero-order valence-corrected chi connectivity index (χ0v) is 6.91. The Hall–Kier alpha value is 0.920. The molecule has 0 amide bonds. The van der Waals surface area contributed by atoms with E-state index >= 15 is 0 Å². The monoisotopic (exact) mass is 228 g/mol. The molecule has 0 radical (unpaired) electrons. The van der Waals surface area contributed by atoms with E-state index in [4.69, 9.17) is 4.74 Å². The van der Waals surface area contributed by atoms with E-state index in [2.05, 4.69) is 31.9 Å². The zero-order valence-electron chi connectivity index (χ0n) is 3.73. The number of hydrogen-bond donors (Lipinski definition) is 0. The Kier molecular flexibility index (Phi) is 2.13. The third-order valence-electron chi connectivity index (χ3n) is 0.910. The molecular formula is C4H6Br2O. The summed E-state index contributed by atoms with van der Waals surface area (Å²) in [5.41, 5.74) is 0. The van der Waals surface area contributed by atoms with E-state index in [-0.39, 0.29) is 0 Å². The van der Waals surface area contributed by atoms with Crippen LogP contribution in [-0.4, -0.2) is 22.9 Å². The molecule has 1 heterocycles. The second-order valence-electron chi connectivity index (χ2n) is 1.54. The fraction of sp³-hybridized carbons (Fsp3) is 1.00. The van der Waals surface area contributed by atoms with Crippen LogP contribution in [0.25, 0.3) is 0 Å². The van der Waals surface area contributed by atoms with Crippen molar-refractivity contribution >= 4 is 31.9 Å². The summed E-state index contributed by atoms with van der Waals surface area (Å²) in [5.74, 6) is 0. The van der Waals surface area contributed by atoms with Crippen LogP contribution in [0.5, 0.6) is 0 Å². The fourth-order valence-corrected chi connectivity index (χ4v) is 1.09. The van der Waals surface area contributed by atoms with Crippen molar-refractivity contribution in [2.45, 2.75) is 10.9 Å². The lowest BCUT2D eigenvalue weighted by molar-refractivity contribution is 0.410. The van der Waals surface area contributed by atoms with Crippen molar-refractivity contribution in [3.63, 3.8) is 0 Å². The molecule has 1 saturated heterocycles. The Morgan fingerprint density at radius 2 is 2.43 bits per heavy atom. The molecule has 0 aliphatic carbocycles. The number of rotatable bonds is 2. The van der Waals surface area contributed by atoms with Gasteiger partial charge in [0, 0.05) is 5.33 Å². The van der Waals surface area contributed by atoms with Gasteiger partial charge in [-0.3, -0.25) is 0 Å². The van der Waals surface area contributed by atoms with Crippen LogP contribution in [0.2, 0.25) is 0 Å². The van der Waals surface area contributed by atoms with Gasteiger partial charge in [-0.15, -0.1) is 0 Å². The van der Waals surface area contributed by atoms with Crippen molar-refractivity contribution in [1.82, 2.24) is 0 Å². The highest BCUT2D eigenvalue weighted by molar-refractivity contribution is 9.12. The first kappa shape index (κ1) is 6.05. The van der Waals surface area contributed by atoms with E-state index in [1.165, 1.54) is 0 Å². The number of alkyl halides is 2. The molecule has 2 atom stereocenters. The lowest BCUT2D eigenvalue weighted by Gasteiger charge is -1.95. The highest BCUT2D eigenvalue weighted by Gasteiger charge is 2.29. The summed E-state index contributed by atoms with van der Waals surface area (Å²) in [4.78, 5) is 0.521. The van der Waals surface area contributed by atoms with Crippen LogP contribution in [0.15, 0.2) is 0 Å². The zero-order chi connectivity index (χ0) is 5.28. The Bertz CT molecular complexity index is 62.7. The van der Waals surface area contributed by atoms with E-state index in [0.29, 0.717) is 10.9 Å². The molecule has 42 valence electrons. The molecule has 0 unspecified atom stereocenters. The molecule has 1 aliphatic rings. The standard InChI is InChI=1S/C4H6Br2O/c5-1-3(6)4-2-7-4/h3-4H,1-2H2/t3-,4-/m0/s1. The third-order valence-corrected chi connectivity index (χ3v) is 3.39. The van der Waals surface area contributed by atoms with Crippen LogP contribution in [0.3, 0.4) is 0 Å². The topological polar surface area (TPSA) is 12.5 Å². The highest BCUT2D eigenvalue weighted by atomic mass is 79.9. The number of ether oxygens (including phenoxy) is 1. The van der Waals surface area contributed by atoms with Gasteiger partial charge in [0.1, 0.15) is 0 Å². The van der Waals surface area contributed by atoms with Crippen LogP contribution in [-0.2, 0) is 4.74 Å². The van der Waals surface area contributed by atoms with Gasteiger partial charge in [-0.1, -0.05) is 31.9 Å². The van der Waals surface area contributed by atoms with Gasteiger partial charge in [-0.2, -0.15) is 0 Å². The Labute approximate surface area is 59.7 Å². The normalized spacial score (nSPS) is 32.6. The first-order valence-corrected chi connectivity index (χ1v) is 4.20. The van der Waals surface area contributed by atoms with Gasteiger partial charge in [0.15, 0.2) is 0 Å². The summed E-state index contributed by atoms with van der Waals surface area (Å²) < 4.78 is 4.98. The molecule has 0 bridgehead atoms. The summed E-state index contributed by atoms with van der Waals surface area (Å²) in [6, 6.07) is 0. The molecule has 0 aromatic heterocycles. The van der Waals surface area contributed by atoms with Gasteiger partial charge in [-0.05, 0) is 0 Å². The van der Waals surface area contributed by atoms with Gasteiger partial charge >= 0.3 is 0 Å². The lowest BCUT2D eigenvalue weighted by atomic mass is 10.4. The van der Waals surface area contributed by atoms with Crippen LogP contribution in [0.4, 0.5) is 0 Å². The Balaban J connectivity index is 2.10. The molecule has 0 saturated carbocycles. The largest absolute Gasteiger partial charge is 0.372 e. The minimum absolute atomic E-state index is 0.486. The van der Waals surface area contributed by atoms with E-state index < -0.39 is 0 Å². The van der Waals surface area contributed by atoms with Gasteiger partial charge in [0.25, 0.3) is 0 Å². The molecule has 1 aliphatic heterocycles. The predicted molar refractivity (Wildman–Crippen MR) is 36.2 cm³/mol. The molecule has 0 aromatic carbocycles. The minimum Gasteiger partial charge on any atom is -0.372 e. The second-order valence-corrected chi connectivity index (χ2v) is 3.37. The van der Waals surface area contributed by atoms with Gasteiger partial charge in [0.2, 0.25) is 0 Å². The number of epoxide rings is 1. The van der Waals surface area contributed by atoms with Gasteiger partial charge < -0.3 is 4.74 Å². The average Bonchev–Trinajstić information content (AvgIpc) is 2.44. The van der Waals surface area contributed by atoms with Crippen molar-refractivity contribution in [2.75, 3.05) is 11.9 Å². The van der Waals surface area contributed by atoms with Gasteiger partial charge in [-0.25, -0.2) is 0 Å². The first-order chi connectivity index (χ1) is 3.34. The summed E-state index contributed by atoms with van der Waals surface area (Å²) in [6.07, 6.45) is 0.486. The number of hydrogen-bond acceptors (Lipinski definition) is 1. The van der Waals surface area contributed by atoms with Crippen molar-refractivity contribution in [3.05, 3.63) is 0 Å². The first-order valence-electron chi connectivity index (χ1n) is 2.16. The van der Waals surface area contributed by atoms with Crippen LogP contribution in [0, 0.1) is 0 Å². The van der Waals surface area contributed by atoms with Gasteiger partial charge in [0.05, 0.1) is 17.5 Å². The van der Waals surface area contributed by atoms with Crippen LogP contribution >= 0.6 is 31.9 Å². The molecular weight excluding hydrogens is 224 g/mol. The molecule has 0 N–H and O–H groups in total. The molecule has 7 heavy (non-hydrogen) atoms. The van der Waals surface area contributed by atoms with E-state index in [1.54, 1.807) is 0 Å². The van der Waals surface area contributed by atoms with E-state index in [9.17, 15) is 0 Å². The van der Waals surface area contributed by atoms with Crippen molar-refractivity contribution in [2.24, 2.45) is 0 Å². The predicted octanol–water partition coefficient (Wildman–Crippen LogP) is 1.54. The average molecular weight is 230 g/mol. The van der Waals surface area contributed by atoms with Crippen LogP contribution < -0.4 is 0 Å². The Morgan fingerprint density at radius 1 is 1.86 bits per heavy atom. The van der Waals surface area contributed by atoms with Crippen molar-refractivity contribution in [1.29, 1.82) is 0 Å². The van der Waals surface area contributed by atoms with Crippen molar-refractivity contribution in [3.8, 4) is 0 Å². The van der Waals surface area contributed by atoms with E-state index in [0.717, 1.165) is 11.9 Å². The summed E-state index contributed by atoms with van der Waals surface area (Å²) in [5, 5.41) is 0.984. The molecule has 1 fully saturated rings. The summed E-state index contributed by atoms with van der Waals surface area (Å²) in [7, 11) is 0. The second kappa shape index (κ2) is 2.46. The number of halogens is 2. The molecule has 0 spiro atoms. The maximum Gasteiger partial charge on any atom is 0.0942 e. The minimum atomic E-state index is 0.486. The maximum absolute atomic E-state index is 4.98.